The van der Waals surface area contributed by atoms with E-state index in [0.29, 0.717) is 36.6 Å². The number of carbonyl (C=O) groups excluding carboxylic acids is 3. The number of amides is 3. The van der Waals surface area contributed by atoms with Gasteiger partial charge in [-0.15, -0.1) is 0 Å². The van der Waals surface area contributed by atoms with Crippen LogP contribution in [-0.4, -0.2) is 53.8 Å². The minimum absolute atomic E-state index is 0.0319. The summed E-state index contributed by atoms with van der Waals surface area (Å²) in [5, 5.41) is 0. The number of hydrogen-bond donors (Lipinski definition) is 0. The van der Waals surface area contributed by atoms with E-state index < -0.39 is 0 Å². The number of imide groups is 1. The summed E-state index contributed by atoms with van der Waals surface area (Å²) in [6, 6.07) is 12.6. The third-order valence-electron chi connectivity index (χ3n) is 5.95. The molecule has 2 aromatic carbocycles. The van der Waals surface area contributed by atoms with E-state index in [1.807, 2.05) is 23.1 Å². The molecule has 0 spiro atoms. The molecule has 0 saturated carbocycles. The molecule has 7 nitrogen and oxygen atoms in total. The van der Waals surface area contributed by atoms with Crippen LogP contribution in [0, 0.1) is 0 Å². The molecule has 3 heterocycles. The second-order valence-corrected chi connectivity index (χ2v) is 7.71. The predicted octanol–water partition coefficient (Wildman–Crippen LogP) is 2.81. The Labute approximate surface area is 174 Å². The van der Waals surface area contributed by atoms with Crippen molar-refractivity contribution < 1.29 is 23.9 Å². The van der Waals surface area contributed by atoms with Gasteiger partial charge in [-0.25, -0.2) is 0 Å². The summed E-state index contributed by atoms with van der Waals surface area (Å²) in [7, 11) is 0. The van der Waals surface area contributed by atoms with Gasteiger partial charge in [-0.05, 0) is 42.7 Å². The van der Waals surface area contributed by atoms with Gasteiger partial charge in [0.25, 0.3) is 11.8 Å². The molecule has 0 unspecified atom stereocenters. The van der Waals surface area contributed by atoms with Crippen molar-refractivity contribution in [2.24, 2.45) is 0 Å². The minimum atomic E-state index is -0.326. The maximum Gasteiger partial charge on any atom is 0.261 e. The Hall–Kier alpha value is -3.35. The quantitative estimate of drug-likeness (QED) is 0.730. The lowest BCUT2D eigenvalue weighted by Gasteiger charge is -2.27. The van der Waals surface area contributed by atoms with Crippen LogP contribution in [0.15, 0.2) is 42.5 Å². The number of benzene rings is 2. The van der Waals surface area contributed by atoms with Crippen molar-refractivity contribution in [1.82, 2.24) is 9.80 Å². The van der Waals surface area contributed by atoms with E-state index >= 15 is 0 Å². The number of likely N-dealkylation sites (tertiary alicyclic amines) is 1. The van der Waals surface area contributed by atoms with Crippen molar-refractivity contribution in [2.45, 2.75) is 25.3 Å². The molecule has 3 aliphatic heterocycles. The van der Waals surface area contributed by atoms with Crippen molar-refractivity contribution in [3.8, 4) is 11.5 Å². The summed E-state index contributed by atoms with van der Waals surface area (Å²) in [5.41, 5.74) is 1.83. The number of hydrogen-bond acceptors (Lipinski definition) is 5. The molecule has 7 heteroatoms. The summed E-state index contributed by atoms with van der Waals surface area (Å²) in [6.07, 6.45) is 1.91. The highest BCUT2D eigenvalue weighted by molar-refractivity contribution is 6.21. The molecular formula is C23H22N2O5. The Morgan fingerprint density at radius 3 is 2.40 bits per heavy atom. The summed E-state index contributed by atoms with van der Waals surface area (Å²) >= 11 is 0. The number of nitrogens with zero attached hydrogens (tertiary/aromatic N) is 2. The molecule has 2 aromatic rings. The van der Waals surface area contributed by atoms with E-state index in [4.69, 9.17) is 9.47 Å². The normalized spacial score (nSPS) is 19.9. The van der Waals surface area contributed by atoms with Gasteiger partial charge in [0, 0.05) is 19.5 Å². The Bertz CT molecular complexity index is 999. The second-order valence-electron chi connectivity index (χ2n) is 7.71. The molecule has 1 atom stereocenters. The Kier molecular flexibility index (Phi) is 4.65. The molecule has 0 N–H and O–H groups in total. The lowest BCUT2D eigenvalue weighted by atomic mass is 10.0. The first-order valence-corrected chi connectivity index (χ1v) is 10.3. The standard InChI is InChI=1S/C23H22N2O5/c26-21(9-11-25-22(27)16-4-1-2-5-17(16)23(25)28)24-10-3-6-18(24)15-7-8-19-20(14-15)30-13-12-29-19/h1-2,4-5,7-8,14,18H,3,6,9-13H2/t18-/m0/s1. The maximum absolute atomic E-state index is 13.0. The summed E-state index contributed by atoms with van der Waals surface area (Å²) in [5.74, 6) is 0.737. The van der Waals surface area contributed by atoms with E-state index in [0.717, 1.165) is 24.2 Å². The molecule has 3 amide bonds. The van der Waals surface area contributed by atoms with Crippen LogP contribution in [0.25, 0.3) is 0 Å². The lowest BCUT2D eigenvalue weighted by Crippen LogP contribution is -2.36. The molecule has 1 fully saturated rings. The predicted molar refractivity (Wildman–Crippen MR) is 108 cm³/mol. The molecule has 5 rings (SSSR count). The highest BCUT2D eigenvalue weighted by atomic mass is 16.6. The molecule has 30 heavy (non-hydrogen) atoms. The van der Waals surface area contributed by atoms with Crippen molar-refractivity contribution in [3.63, 3.8) is 0 Å². The Morgan fingerprint density at radius 2 is 1.67 bits per heavy atom. The van der Waals surface area contributed by atoms with Crippen molar-refractivity contribution in [1.29, 1.82) is 0 Å². The van der Waals surface area contributed by atoms with Crippen molar-refractivity contribution in [2.75, 3.05) is 26.3 Å². The summed E-state index contributed by atoms with van der Waals surface area (Å²) < 4.78 is 11.3. The minimum Gasteiger partial charge on any atom is -0.486 e. The Morgan fingerprint density at radius 1 is 0.967 bits per heavy atom. The van der Waals surface area contributed by atoms with Gasteiger partial charge in [-0.1, -0.05) is 18.2 Å². The van der Waals surface area contributed by atoms with Crippen molar-refractivity contribution in [3.05, 3.63) is 59.2 Å². The topological polar surface area (TPSA) is 76.2 Å². The monoisotopic (exact) mass is 406 g/mol. The zero-order valence-corrected chi connectivity index (χ0v) is 16.5. The molecule has 3 aliphatic rings. The lowest BCUT2D eigenvalue weighted by molar-refractivity contribution is -0.132. The molecule has 0 aromatic heterocycles. The molecule has 0 bridgehead atoms. The van der Waals surface area contributed by atoms with E-state index in [1.165, 1.54) is 4.90 Å². The number of rotatable bonds is 4. The molecule has 1 saturated heterocycles. The van der Waals surface area contributed by atoms with Crippen LogP contribution in [-0.2, 0) is 4.79 Å². The Balaban J connectivity index is 1.27. The van der Waals surface area contributed by atoms with Gasteiger partial charge >= 0.3 is 0 Å². The number of carbonyl (C=O) groups is 3. The van der Waals surface area contributed by atoms with Crippen LogP contribution >= 0.6 is 0 Å². The average Bonchev–Trinajstić information content (AvgIpc) is 3.36. The smallest absolute Gasteiger partial charge is 0.261 e. The van der Waals surface area contributed by atoms with Gasteiger partial charge in [0.15, 0.2) is 11.5 Å². The van der Waals surface area contributed by atoms with Gasteiger partial charge in [0.1, 0.15) is 13.2 Å². The van der Waals surface area contributed by atoms with E-state index in [9.17, 15) is 14.4 Å². The van der Waals surface area contributed by atoms with Gasteiger partial charge in [0.2, 0.25) is 5.91 Å². The zero-order valence-electron chi connectivity index (χ0n) is 16.5. The molecule has 0 radical (unpaired) electrons. The van der Waals surface area contributed by atoms with Gasteiger partial charge < -0.3 is 14.4 Å². The SMILES string of the molecule is O=C1c2ccccc2C(=O)N1CCC(=O)N1CCC[C@H]1c1ccc2c(c1)OCCO2. The van der Waals surface area contributed by atoms with Crippen LogP contribution in [0.3, 0.4) is 0 Å². The van der Waals surface area contributed by atoms with Crippen LogP contribution in [0.1, 0.15) is 51.6 Å². The number of ether oxygens (including phenoxy) is 2. The molecular weight excluding hydrogens is 384 g/mol. The van der Waals surface area contributed by atoms with Crippen molar-refractivity contribution >= 4 is 17.7 Å². The van der Waals surface area contributed by atoms with Crippen LogP contribution in [0.2, 0.25) is 0 Å². The van der Waals surface area contributed by atoms with E-state index in [1.54, 1.807) is 24.3 Å². The fourth-order valence-corrected chi connectivity index (χ4v) is 4.47. The first-order valence-electron chi connectivity index (χ1n) is 10.3. The maximum atomic E-state index is 13.0. The highest BCUT2D eigenvalue weighted by Gasteiger charge is 2.36. The van der Waals surface area contributed by atoms with Gasteiger partial charge in [0.05, 0.1) is 17.2 Å². The fourth-order valence-electron chi connectivity index (χ4n) is 4.47. The highest BCUT2D eigenvalue weighted by Crippen LogP contribution is 2.38. The third kappa shape index (κ3) is 3.10. The van der Waals surface area contributed by atoms with E-state index in [-0.39, 0.29) is 36.7 Å². The summed E-state index contributed by atoms with van der Waals surface area (Å²) in [4.78, 5) is 41.0. The largest absolute Gasteiger partial charge is 0.486 e. The third-order valence-corrected chi connectivity index (χ3v) is 5.95. The van der Waals surface area contributed by atoms with E-state index in [2.05, 4.69) is 0 Å². The zero-order chi connectivity index (χ0) is 20.7. The molecule has 154 valence electrons. The van der Waals surface area contributed by atoms with Crippen LogP contribution < -0.4 is 9.47 Å². The van der Waals surface area contributed by atoms with Gasteiger partial charge in [-0.2, -0.15) is 0 Å². The summed E-state index contributed by atoms with van der Waals surface area (Å²) in [6.45, 7) is 1.82. The fraction of sp³-hybridized carbons (Fsp3) is 0.348. The second kappa shape index (κ2) is 7.48. The molecule has 0 aliphatic carbocycles. The first kappa shape index (κ1) is 18.7. The van der Waals surface area contributed by atoms with Crippen LogP contribution in [0.5, 0.6) is 11.5 Å². The average molecular weight is 406 g/mol. The van der Waals surface area contributed by atoms with Gasteiger partial charge in [-0.3, -0.25) is 19.3 Å². The first-order chi connectivity index (χ1) is 14.6. The van der Waals surface area contributed by atoms with Crippen LogP contribution in [0.4, 0.5) is 0 Å². The number of fused-ring (bicyclic) bond motifs is 2.